The molecule has 1 aromatic rings. The second-order valence-corrected chi connectivity index (χ2v) is 3.01. The first-order valence-corrected chi connectivity index (χ1v) is 4.16. The Bertz CT molecular complexity index is 390. The van der Waals surface area contributed by atoms with E-state index in [-0.39, 0.29) is 10.9 Å². The molecule has 3 N–H and O–H groups in total. The van der Waals surface area contributed by atoms with Crippen LogP contribution in [-0.4, -0.2) is 18.9 Å². The van der Waals surface area contributed by atoms with Crippen LogP contribution >= 0.6 is 11.6 Å². The average Bonchev–Trinajstić information content (AvgIpc) is 2.15. The third-order valence-corrected chi connectivity index (χ3v) is 1.99. The number of benzene rings is 1. The molecule has 4 nitrogen and oxygen atoms in total. The minimum absolute atomic E-state index is 0.133. The number of methoxy groups -OCH3 is 1. The third kappa shape index (κ3) is 2.03. The third-order valence-electron chi connectivity index (χ3n) is 1.68. The average molecular weight is 213 g/mol. The number of ether oxygens (including phenoxy) is 1. The molecular formula is C9H9ClN2O2. The molecule has 5 heteroatoms. The van der Waals surface area contributed by atoms with Gasteiger partial charge in [0.05, 0.1) is 17.7 Å². The van der Waals surface area contributed by atoms with E-state index in [1.807, 2.05) is 0 Å². The van der Waals surface area contributed by atoms with Crippen molar-refractivity contribution in [2.45, 2.75) is 0 Å². The lowest BCUT2D eigenvalue weighted by Gasteiger charge is -2.03. The maximum Gasteiger partial charge on any atom is 0.337 e. The van der Waals surface area contributed by atoms with Crippen molar-refractivity contribution in [3.05, 3.63) is 34.3 Å². The number of hydrogen-bond acceptors (Lipinski definition) is 3. The number of nitrogens with two attached hydrogens (primary N) is 1. The monoisotopic (exact) mass is 212 g/mol. The fraction of sp³-hybridized carbons (Fsp3) is 0.111. The summed E-state index contributed by atoms with van der Waals surface area (Å²) < 4.78 is 4.51. The van der Waals surface area contributed by atoms with Gasteiger partial charge in [-0.2, -0.15) is 0 Å². The Morgan fingerprint density at radius 3 is 2.64 bits per heavy atom. The number of carbonyl (C=O) groups is 1. The van der Waals surface area contributed by atoms with Gasteiger partial charge in [-0.3, -0.25) is 5.41 Å². The second kappa shape index (κ2) is 4.11. The van der Waals surface area contributed by atoms with Crippen molar-refractivity contribution in [2.24, 2.45) is 5.73 Å². The standard InChI is InChI=1S/C9H9ClN2O2/c1-14-9(13)5-2-3-6(8(11)12)7(10)4-5/h2-4H,1H3,(H3,11,12). The number of nitrogens with one attached hydrogen (secondary N) is 1. The molecule has 0 aliphatic heterocycles. The van der Waals surface area contributed by atoms with E-state index in [1.165, 1.54) is 25.3 Å². The Morgan fingerprint density at radius 1 is 1.57 bits per heavy atom. The van der Waals surface area contributed by atoms with Crippen LogP contribution in [0.1, 0.15) is 15.9 Å². The molecule has 0 spiro atoms. The number of hydrogen-bond donors (Lipinski definition) is 2. The van der Waals surface area contributed by atoms with E-state index in [0.717, 1.165) is 0 Å². The SMILES string of the molecule is COC(=O)c1ccc(C(=N)N)c(Cl)c1. The Labute approximate surface area is 86.1 Å². The van der Waals surface area contributed by atoms with Gasteiger partial charge in [0.25, 0.3) is 0 Å². The number of nitrogen functional groups attached to an aromatic ring is 1. The lowest BCUT2D eigenvalue weighted by Crippen LogP contribution is -2.12. The van der Waals surface area contributed by atoms with Gasteiger partial charge in [-0.05, 0) is 18.2 Å². The van der Waals surface area contributed by atoms with Crippen LogP contribution in [0.25, 0.3) is 0 Å². The van der Waals surface area contributed by atoms with E-state index < -0.39 is 5.97 Å². The Balaban J connectivity index is 3.12. The van der Waals surface area contributed by atoms with Gasteiger partial charge in [-0.25, -0.2) is 4.79 Å². The van der Waals surface area contributed by atoms with Gasteiger partial charge in [0, 0.05) is 5.56 Å². The quantitative estimate of drug-likeness (QED) is 0.442. The molecule has 0 heterocycles. The summed E-state index contributed by atoms with van der Waals surface area (Å²) in [7, 11) is 1.29. The van der Waals surface area contributed by atoms with E-state index in [2.05, 4.69) is 4.74 Å². The van der Waals surface area contributed by atoms with Crippen LogP contribution in [-0.2, 0) is 4.74 Å². The summed E-state index contributed by atoms with van der Waals surface area (Å²) in [5.41, 5.74) is 5.99. The fourth-order valence-electron chi connectivity index (χ4n) is 0.978. The normalized spacial score (nSPS) is 9.57. The van der Waals surface area contributed by atoms with Gasteiger partial charge < -0.3 is 10.5 Å². The van der Waals surface area contributed by atoms with Gasteiger partial charge in [0.15, 0.2) is 0 Å². The van der Waals surface area contributed by atoms with Crippen LogP contribution in [0.5, 0.6) is 0 Å². The van der Waals surface area contributed by atoms with E-state index in [4.69, 9.17) is 22.7 Å². The summed E-state index contributed by atoms with van der Waals surface area (Å²) in [6.07, 6.45) is 0. The van der Waals surface area contributed by atoms with E-state index in [0.29, 0.717) is 11.1 Å². The summed E-state index contributed by atoms with van der Waals surface area (Å²) in [6.45, 7) is 0. The second-order valence-electron chi connectivity index (χ2n) is 2.60. The zero-order chi connectivity index (χ0) is 10.7. The molecule has 0 bridgehead atoms. The summed E-state index contributed by atoms with van der Waals surface area (Å²) in [5, 5.41) is 7.44. The van der Waals surface area contributed by atoms with Crippen molar-refractivity contribution in [3.8, 4) is 0 Å². The number of carbonyl (C=O) groups excluding carboxylic acids is 1. The molecule has 1 aromatic carbocycles. The molecule has 0 aromatic heterocycles. The Morgan fingerprint density at radius 2 is 2.21 bits per heavy atom. The van der Waals surface area contributed by atoms with Crippen molar-refractivity contribution in [1.29, 1.82) is 5.41 Å². The maximum absolute atomic E-state index is 11.1. The lowest BCUT2D eigenvalue weighted by molar-refractivity contribution is 0.0600. The fourth-order valence-corrected chi connectivity index (χ4v) is 1.26. The molecule has 14 heavy (non-hydrogen) atoms. The number of amidine groups is 1. The summed E-state index contributed by atoms with van der Waals surface area (Å²) in [6, 6.07) is 4.44. The highest BCUT2D eigenvalue weighted by atomic mass is 35.5. The molecule has 74 valence electrons. The summed E-state index contributed by atoms with van der Waals surface area (Å²) in [5.74, 6) is -0.603. The minimum Gasteiger partial charge on any atom is -0.465 e. The maximum atomic E-state index is 11.1. The van der Waals surface area contributed by atoms with Gasteiger partial charge in [0.2, 0.25) is 0 Å². The molecule has 0 aliphatic carbocycles. The largest absolute Gasteiger partial charge is 0.465 e. The zero-order valence-electron chi connectivity index (χ0n) is 7.50. The molecule has 1 rings (SSSR count). The molecular weight excluding hydrogens is 204 g/mol. The molecule has 0 fully saturated rings. The van der Waals surface area contributed by atoms with Crippen molar-refractivity contribution in [3.63, 3.8) is 0 Å². The van der Waals surface area contributed by atoms with Crippen LogP contribution in [0, 0.1) is 5.41 Å². The minimum atomic E-state index is -0.470. The van der Waals surface area contributed by atoms with Crippen LogP contribution < -0.4 is 5.73 Å². The summed E-state index contributed by atoms with van der Waals surface area (Å²) in [4.78, 5) is 11.1. The highest BCUT2D eigenvalue weighted by molar-refractivity contribution is 6.34. The molecule has 0 amide bonds. The van der Waals surface area contributed by atoms with Gasteiger partial charge in [-0.15, -0.1) is 0 Å². The zero-order valence-corrected chi connectivity index (χ0v) is 8.26. The van der Waals surface area contributed by atoms with Gasteiger partial charge >= 0.3 is 5.97 Å². The molecule has 0 unspecified atom stereocenters. The summed E-state index contributed by atoms with van der Waals surface area (Å²) >= 11 is 5.80. The first kappa shape index (κ1) is 10.5. The molecule has 0 aliphatic rings. The van der Waals surface area contributed by atoms with Crippen molar-refractivity contribution in [1.82, 2.24) is 0 Å². The van der Waals surface area contributed by atoms with Gasteiger partial charge in [-0.1, -0.05) is 11.6 Å². The first-order chi connectivity index (χ1) is 6.56. The number of esters is 1. The smallest absolute Gasteiger partial charge is 0.337 e. The van der Waals surface area contributed by atoms with Crippen molar-refractivity contribution >= 4 is 23.4 Å². The highest BCUT2D eigenvalue weighted by Crippen LogP contribution is 2.17. The van der Waals surface area contributed by atoms with Crippen LogP contribution in [0.2, 0.25) is 5.02 Å². The van der Waals surface area contributed by atoms with Crippen molar-refractivity contribution in [2.75, 3.05) is 7.11 Å². The number of rotatable bonds is 2. The van der Waals surface area contributed by atoms with Crippen LogP contribution in [0.4, 0.5) is 0 Å². The van der Waals surface area contributed by atoms with E-state index in [1.54, 1.807) is 0 Å². The predicted octanol–water partition coefficient (Wildman–Crippen LogP) is 1.41. The molecule has 0 atom stereocenters. The topological polar surface area (TPSA) is 76.2 Å². The lowest BCUT2D eigenvalue weighted by atomic mass is 10.1. The van der Waals surface area contributed by atoms with Gasteiger partial charge in [0.1, 0.15) is 5.84 Å². The van der Waals surface area contributed by atoms with Crippen LogP contribution in [0.15, 0.2) is 18.2 Å². The van der Waals surface area contributed by atoms with E-state index in [9.17, 15) is 4.79 Å². The van der Waals surface area contributed by atoms with Crippen molar-refractivity contribution < 1.29 is 9.53 Å². The Hall–Kier alpha value is -1.55. The van der Waals surface area contributed by atoms with E-state index >= 15 is 0 Å². The Kier molecular flexibility index (Phi) is 3.09. The molecule has 0 saturated heterocycles. The highest BCUT2D eigenvalue weighted by Gasteiger charge is 2.09. The molecule has 0 radical (unpaired) electrons. The molecule has 0 saturated carbocycles. The first-order valence-electron chi connectivity index (χ1n) is 3.78. The predicted molar refractivity (Wildman–Crippen MR) is 53.8 cm³/mol. The number of halogens is 1. The van der Waals surface area contributed by atoms with Crippen LogP contribution in [0.3, 0.4) is 0 Å².